The van der Waals surface area contributed by atoms with Crippen molar-refractivity contribution in [1.82, 2.24) is 5.32 Å². The molecule has 0 aromatic heterocycles. The Balaban J connectivity index is 0. The average molecular weight is 145 g/mol. The van der Waals surface area contributed by atoms with E-state index in [0.29, 0.717) is 0 Å². The van der Waals surface area contributed by atoms with Crippen LogP contribution in [0.15, 0.2) is 0 Å². The summed E-state index contributed by atoms with van der Waals surface area (Å²) in [6.45, 7) is 4.84. The van der Waals surface area contributed by atoms with E-state index < -0.39 is 0 Å². The zero-order valence-corrected chi connectivity index (χ0v) is 7.31. The number of aldehydes is 1. The van der Waals surface area contributed by atoms with Gasteiger partial charge in [-0.2, -0.15) is 0 Å². The standard InChI is InChI=1S/C6H15N.C2H4O/c1-3-4-5-6-7-2;1-2-3/h7H,3-6H2,1-2H3;2H,1H3. The van der Waals surface area contributed by atoms with E-state index in [1.807, 2.05) is 7.05 Å². The lowest BCUT2D eigenvalue weighted by atomic mass is 10.2. The first-order valence-electron chi connectivity index (χ1n) is 3.87. The van der Waals surface area contributed by atoms with Crippen LogP contribution < -0.4 is 5.32 Å². The fourth-order valence-corrected chi connectivity index (χ4v) is 0.552. The summed E-state index contributed by atoms with van der Waals surface area (Å²) in [5.74, 6) is 0. The van der Waals surface area contributed by atoms with Gasteiger partial charge in [0.2, 0.25) is 0 Å². The van der Waals surface area contributed by atoms with Gasteiger partial charge in [0, 0.05) is 0 Å². The van der Waals surface area contributed by atoms with Crippen LogP contribution in [0.4, 0.5) is 0 Å². The summed E-state index contributed by atoms with van der Waals surface area (Å²) in [5.41, 5.74) is 0. The molecule has 0 aliphatic rings. The Morgan fingerprint density at radius 2 is 1.90 bits per heavy atom. The van der Waals surface area contributed by atoms with Crippen LogP contribution in [-0.4, -0.2) is 19.9 Å². The van der Waals surface area contributed by atoms with Crippen LogP contribution in [0.3, 0.4) is 0 Å². The molecular formula is C8H19NO. The summed E-state index contributed by atoms with van der Waals surface area (Å²) in [7, 11) is 2.00. The molecule has 10 heavy (non-hydrogen) atoms. The van der Waals surface area contributed by atoms with Crippen LogP contribution in [0.5, 0.6) is 0 Å². The summed E-state index contributed by atoms with van der Waals surface area (Å²) in [4.78, 5) is 8.81. The smallest absolute Gasteiger partial charge is 0.116 e. The molecule has 0 heterocycles. The molecule has 0 fully saturated rings. The predicted molar refractivity (Wildman–Crippen MR) is 45.2 cm³/mol. The molecule has 0 unspecified atom stereocenters. The van der Waals surface area contributed by atoms with Crippen molar-refractivity contribution in [3.05, 3.63) is 0 Å². The second-order valence-electron chi connectivity index (χ2n) is 2.05. The van der Waals surface area contributed by atoms with Crippen molar-refractivity contribution >= 4 is 6.29 Å². The number of unbranched alkanes of at least 4 members (excludes halogenated alkanes) is 2. The van der Waals surface area contributed by atoms with E-state index in [9.17, 15) is 0 Å². The normalized spacial score (nSPS) is 7.90. The van der Waals surface area contributed by atoms with E-state index in [2.05, 4.69) is 12.2 Å². The lowest BCUT2D eigenvalue weighted by molar-refractivity contribution is -0.106. The van der Waals surface area contributed by atoms with Crippen molar-refractivity contribution in [3.8, 4) is 0 Å². The van der Waals surface area contributed by atoms with E-state index in [1.165, 1.54) is 32.7 Å². The van der Waals surface area contributed by atoms with Crippen molar-refractivity contribution in [2.75, 3.05) is 13.6 Å². The summed E-state index contributed by atoms with van der Waals surface area (Å²) in [6.07, 6.45) is 4.76. The third-order valence-corrected chi connectivity index (χ3v) is 1.03. The van der Waals surface area contributed by atoms with Crippen molar-refractivity contribution in [3.63, 3.8) is 0 Å². The molecule has 0 rings (SSSR count). The molecule has 2 nitrogen and oxygen atoms in total. The van der Waals surface area contributed by atoms with Crippen molar-refractivity contribution in [2.24, 2.45) is 0 Å². The minimum Gasteiger partial charge on any atom is -0.320 e. The highest BCUT2D eigenvalue weighted by Crippen LogP contribution is 1.89. The molecule has 0 saturated heterocycles. The fraction of sp³-hybridized carbons (Fsp3) is 0.875. The summed E-state index contributed by atoms with van der Waals surface area (Å²) >= 11 is 0. The Hall–Kier alpha value is -0.370. The SMILES string of the molecule is CC=O.CCCCCNC. The van der Waals surface area contributed by atoms with Crippen molar-refractivity contribution < 1.29 is 4.79 Å². The van der Waals surface area contributed by atoms with Gasteiger partial charge < -0.3 is 10.1 Å². The van der Waals surface area contributed by atoms with E-state index in [0.717, 1.165) is 6.29 Å². The van der Waals surface area contributed by atoms with E-state index >= 15 is 0 Å². The predicted octanol–water partition coefficient (Wildman–Crippen LogP) is 1.60. The Morgan fingerprint density at radius 1 is 1.40 bits per heavy atom. The van der Waals surface area contributed by atoms with Crippen LogP contribution >= 0.6 is 0 Å². The first-order valence-corrected chi connectivity index (χ1v) is 3.87. The number of carbonyl (C=O) groups is 1. The van der Waals surface area contributed by atoms with Crippen LogP contribution in [0, 0.1) is 0 Å². The second-order valence-corrected chi connectivity index (χ2v) is 2.05. The summed E-state index contributed by atoms with van der Waals surface area (Å²) in [6, 6.07) is 0. The highest BCUT2D eigenvalue weighted by molar-refractivity contribution is 5.44. The van der Waals surface area contributed by atoms with Crippen LogP contribution in [0.2, 0.25) is 0 Å². The first-order chi connectivity index (χ1) is 4.83. The van der Waals surface area contributed by atoms with Crippen LogP contribution in [0.25, 0.3) is 0 Å². The van der Waals surface area contributed by atoms with E-state index in [-0.39, 0.29) is 0 Å². The third kappa shape index (κ3) is 25.5. The number of nitrogens with one attached hydrogen (secondary N) is 1. The lowest BCUT2D eigenvalue weighted by Crippen LogP contribution is -2.06. The van der Waals surface area contributed by atoms with E-state index in [4.69, 9.17) is 4.79 Å². The third-order valence-electron chi connectivity index (χ3n) is 1.03. The minimum atomic E-state index is 0.750. The molecule has 0 bridgehead atoms. The molecule has 0 aliphatic heterocycles. The van der Waals surface area contributed by atoms with Gasteiger partial charge in [-0.05, 0) is 26.9 Å². The monoisotopic (exact) mass is 145 g/mol. The zero-order valence-electron chi connectivity index (χ0n) is 7.31. The molecule has 0 aliphatic carbocycles. The van der Waals surface area contributed by atoms with Gasteiger partial charge in [-0.3, -0.25) is 0 Å². The molecule has 1 N–H and O–H groups in total. The molecule has 0 radical (unpaired) electrons. The minimum absolute atomic E-state index is 0.750. The highest BCUT2D eigenvalue weighted by Gasteiger charge is 1.78. The Bertz CT molecular complexity index is 51.2. The molecule has 0 amide bonds. The fourth-order valence-electron chi connectivity index (χ4n) is 0.552. The molecular weight excluding hydrogens is 126 g/mol. The lowest BCUT2D eigenvalue weighted by Gasteiger charge is -1.93. The molecule has 2 heteroatoms. The number of carbonyl (C=O) groups excluding carboxylic acids is 1. The first kappa shape index (κ1) is 12.3. The van der Waals surface area contributed by atoms with Gasteiger partial charge >= 0.3 is 0 Å². The van der Waals surface area contributed by atoms with Crippen LogP contribution in [0.1, 0.15) is 33.1 Å². The average Bonchev–Trinajstić information content (AvgIpc) is 1.91. The maximum atomic E-state index is 8.81. The van der Waals surface area contributed by atoms with Gasteiger partial charge in [0.15, 0.2) is 0 Å². The van der Waals surface area contributed by atoms with Gasteiger partial charge in [0.25, 0.3) is 0 Å². The molecule has 62 valence electrons. The van der Waals surface area contributed by atoms with E-state index in [1.54, 1.807) is 0 Å². The highest BCUT2D eigenvalue weighted by atomic mass is 16.1. The maximum Gasteiger partial charge on any atom is 0.116 e. The number of hydrogen-bond acceptors (Lipinski definition) is 2. The Kier molecular flexibility index (Phi) is 19.5. The van der Waals surface area contributed by atoms with Gasteiger partial charge in [-0.1, -0.05) is 19.8 Å². The molecule has 0 saturated carbocycles. The largest absolute Gasteiger partial charge is 0.320 e. The van der Waals surface area contributed by atoms with Gasteiger partial charge in [-0.15, -0.1) is 0 Å². The van der Waals surface area contributed by atoms with Crippen molar-refractivity contribution in [2.45, 2.75) is 33.1 Å². The topological polar surface area (TPSA) is 29.1 Å². The Labute approximate surface area is 64.0 Å². The molecule has 0 aromatic carbocycles. The van der Waals surface area contributed by atoms with Gasteiger partial charge in [0.05, 0.1) is 0 Å². The summed E-state index contributed by atoms with van der Waals surface area (Å²) < 4.78 is 0. The second kappa shape index (κ2) is 15.9. The van der Waals surface area contributed by atoms with Crippen molar-refractivity contribution in [1.29, 1.82) is 0 Å². The van der Waals surface area contributed by atoms with Gasteiger partial charge in [0.1, 0.15) is 6.29 Å². The van der Waals surface area contributed by atoms with Crippen LogP contribution in [-0.2, 0) is 4.79 Å². The maximum absolute atomic E-state index is 8.81. The zero-order chi connectivity index (χ0) is 8.24. The summed E-state index contributed by atoms with van der Waals surface area (Å²) in [5, 5.41) is 3.10. The number of rotatable bonds is 4. The molecule has 0 aromatic rings. The molecule has 0 atom stereocenters. The number of hydrogen-bond donors (Lipinski definition) is 1. The molecule has 0 spiro atoms. The van der Waals surface area contributed by atoms with Gasteiger partial charge in [-0.25, -0.2) is 0 Å². The quantitative estimate of drug-likeness (QED) is 0.481. The Morgan fingerprint density at radius 3 is 2.20 bits per heavy atom.